The Hall–Kier alpha value is -3.69. The largest absolute Gasteiger partial charge is 0.323 e. The molecule has 10 nitrogen and oxygen atoms in total. The van der Waals surface area contributed by atoms with Crippen molar-refractivity contribution in [2.45, 2.75) is 0 Å². The smallest absolute Gasteiger partial charge is 0.282 e. The van der Waals surface area contributed by atoms with Crippen LogP contribution in [0.4, 0.5) is 5.69 Å². The molecule has 0 atom stereocenters. The van der Waals surface area contributed by atoms with Gasteiger partial charge >= 0.3 is 5.70 Å². The monoisotopic (exact) mass is 315 g/mol. The van der Waals surface area contributed by atoms with Crippen LogP contribution in [0, 0.1) is 30.3 Å². The van der Waals surface area contributed by atoms with E-state index >= 15 is 0 Å². The third-order valence-corrected chi connectivity index (χ3v) is 3.49. The highest BCUT2D eigenvalue weighted by molar-refractivity contribution is 6.25. The SMILES string of the molecule is O=C1C2=Cc3ccc([N+](=O)[O-])cc3C2=C([N+](=O)[O-])C=C1[N+](=O)[O-]. The molecular formula is C13H5N3O7. The average molecular weight is 315 g/mol. The first kappa shape index (κ1) is 14.3. The summed E-state index contributed by atoms with van der Waals surface area (Å²) in [6.07, 6.45) is 1.85. The van der Waals surface area contributed by atoms with Crippen molar-refractivity contribution >= 4 is 23.1 Å². The third kappa shape index (κ3) is 2.00. The molecule has 0 amide bonds. The maximum atomic E-state index is 12.1. The lowest BCUT2D eigenvalue weighted by Crippen LogP contribution is -2.20. The van der Waals surface area contributed by atoms with E-state index in [1.54, 1.807) is 0 Å². The number of non-ortho nitro benzene ring substituents is 1. The Morgan fingerprint density at radius 3 is 2.13 bits per heavy atom. The molecular weight excluding hydrogens is 310 g/mol. The molecule has 1 aromatic carbocycles. The van der Waals surface area contributed by atoms with Gasteiger partial charge in [0.05, 0.1) is 26.4 Å². The fourth-order valence-electron chi connectivity index (χ4n) is 2.51. The minimum Gasteiger partial charge on any atom is -0.282 e. The van der Waals surface area contributed by atoms with Gasteiger partial charge in [0.2, 0.25) is 0 Å². The van der Waals surface area contributed by atoms with Crippen LogP contribution >= 0.6 is 0 Å². The van der Waals surface area contributed by atoms with Gasteiger partial charge in [-0.25, -0.2) is 0 Å². The second kappa shape index (κ2) is 4.66. The third-order valence-electron chi connectivity index (χ3n) is 3.49. The first-order valence-electron chi connectivity index (χ1n) is 6.11. The van der Waals surface area contributed by atoms with E-state index in [0.717, 1.165) is 6.07 Å². The van der Waals surface area contributed by atoms with E-state index < -0.39 is 31.9 Å². The maximum absolute atomic E-state index is 12.1. The van der Waals surface area contributed by atoms with Gasteiger partial charge in [-0.2, -0.15) is 0 Å². The quantitative estimate of drug-likeness (QED) is 0.609. The summed E-state index contributed by atoms with van der Waals surface area (Å²) in [5.41, 5.74) is -1.70. The molecule has 0 heterocycles. The van der Waals surface area contributed by atoms with Gasteiger partial charge in [0, 0.05) is 23.3 Å². The maximum Gasteiger partial charge on any atom is 0.323 e. The summed E-state index contributed by atoms with van der Waals surface area (Å²) in [6.45, 7) is 0. The first-order valence-corrected chi connectivity index (χ1v) is 6.11. The molecule has 0 N–H and O–H groups in total. The highest BCUT2D eigenvalue weighted by Crippen LogP contribution is 2.43. The van der Waals surface area contributed by atoms with Crippen molar-refractivity contribution in [3.8, 4) is 0 Å². The molecule has 0 bridgehead atoms. The van der Waals surface area contributed by atoms with Crippen LogP contribution in [-0.2, 0) is 4.79 Å². The molecule has 0 aliphatic heterocycles. The number of carbonyl (C=O) groups is 1. The number of nitro groups is 3. The van der Waals surface area contributed by atoms with Crippen molar-refractivity contribution in [2.75, 3.05) is 0 Å². The van der Waals surface area contributed by atoms with Gasteiger partial charge in [-0.05, 0) is 17.7 Å². The van der Waals surface area contributed by atoms with Crippen LogP contribution in [0.25, 0.3) is 11.6 Å². The Labute approximate surface area is 126 Å². The molecule has 0 spiro atoms. The topological polar surface area (TPSA) is 146 Å². The number of hydrogen-bond acceptors (Lipinski definition) is 7. The molecule has 0 saturated heterocycles. The highest BCUT2D eigenvalue weighted by atomic mass is 16.6. The average Bonchev–Trinajstić information content (AvgIpc) is 2.86. The normalized spacial score (nSPS) is 15.6. The lowest BCUT2D eigenvalue weighted by Gasteiger charge is -2.10. The van der Waals surface area contributed by atoms with E-state index in [4.69, 9.17) is 0 Å². The molecule has 1 aromatic rings. The van der Waals surface area contributed by atoms with Gasteiger partial charge in [-0.1, -0.05) is 0 Å². The molecule has 0 fully saturated rings. The minimum absolute atomic E-state index is 0.132. The van der Waals surface area contributed by atoms with Crippen LogP contribution in [0.15, 0.2) is 41.2 Å². The number of ketones is 1. The van der Waals surface area contributed by atoms with Crippen LogP contribution in [0.3, 0.4) is 0 Å². The fourth-order valence-corrected chi connectivity index (χ4v) is 2.51. The van der Waals surface area contributed by atoms with Crippen molar-refractivity contribution in [3.05, 3.63) is 82.7 Å². The number of rotatable bonds is 3. The summed E-state index contributed by atoms with van der Waals surface area (Å²) in [6, 6.07) is 3.63. The lowest BCUT2D eigenvalue weighted by atomic mass is 9.92. The lowest BCUT2D eigenvalue weighted by molar-refractivity contribution is -0.430. The predicted octanol–water partition coefficient (Wildman–Crippen LogP) is 1.72. The molecule has 0 unspecified atom stereocenters. The van der Waals surface area contributed by atoms with Crippen molar-refractivity contribution in [3.63, 3.8) is 0 Å². The molecule has 0 radical (unpaired) electrons. The summed E-state index contributed by atoms with van der Waals surface area (Å²) < 4.78 is 0. The number of allylic oxidation sites excluding steroid dienone is 3. The van der Waals surface area contributed by atoms with Crippen LogP contribution in [0.5, 0.6) is 0 Å². The fraction of sp³-hybridized carbons (Fsp3) is 0. The molecule has 114 valence electrons. The zero-order valence-electron chi connectivity index (χ0n) is 11.1. The van der Waals surface area contributed by atoms with E-state index in [-0.39, 0.29) is 22.4 Å². The standard InChI is InChI=1S/C13H5N3O7/c17-13-9-3-6-1-2-7(14(18)19)4-8(6)12(9)10(15(20)21)5-11(13)16(22)23/h1-5H. The van der Waals surface area contributed by atoms with E-state index in [2.05, 4.69) is 0 Å². The Balaban J connectivity index is 2.32. The molecule has 2 aliphatic carbocycles. The number of nitro benzene ring substituents is 1. The second-order valence-electron chi connectivity index (χ2n) is 4.72. The number of carbonyl (C=O) groups excluding carboxylic acids is 1. The van der Waals surface area contributed by atoms with E-state index in [1.165, 1.54) is 18.2 Å². The van der Waals surface area contributed by atoms with Gasteiger partial charge in [-0.15, -0.1) is 0 Å². The summed E-state index contributed by atoms with van der Waals surface area (Å²) in [5, 5.41) is 33.0. The Morgan fingerprint density at radius 1 is 0.870 bits per heavy atom. The number of fused-ring (bicyclic) bond motifs is 3. The molecule has 10 heteroatoms. The van der Waals surface area contributed by atoms with Gasteiger partial charge in [-0.3, -0.25) is 35.1 Å². The zero-order chi connectivity index (χ0) is 16.9. The minimum atomic E-state index is -0.991. The van der Waals surface area contributed by atoms with Crippen molar-refractivity contribution in [1.29, 1.82) is 0 Å². The highest BCUT2D eigenvalue weighted by Gasteiger charge is 2.42. The molecule has 0 saturated carbocycles. The van der Waals surface area contributed by atoms with Crippen molar-refractivity contribution in [2.24, 2.45) is 0 Å². The molecule has 23 heavy (non-hydrogen) atoms. The van der Waals surface area contributed by atoms with Crippen LogP contribution in [-0.4, -0.2) is 20.6 Å². The Bertz CT molecular complexity index is 923. The van der Waals surface area contributed by atoms with Crippen molar-refractivity contribution < 1.29 is 19.6 Å². The number of Topliss-reactive ketones (excluding diaryl/α,β-unsaturated/α-hetero) is 1. The second-order valence-corrected chi connectivity index (χ2v) is 4.72. The van der Waals surface area contributed by atoms with Gasteiger partial charge < -0.3 is 0 Å². The number of benzene rings is 1. The number of nitrogens with zero attached hydrogens (tertiary/aromatic N) is 3. The number of hydrogen-bond donors (Lipinski definition) is 0. The summed E-state index contributed by atoms with van der Waals surface area (Å²) >= 11 is 0. The summed E-state index contributed by atoms with van der Waals surface area (Å²) in [7, 11) is 0. The van der Waals surface area contributed by atoms with Crippen LogP contribution in [0.1, 0.15) is 11.1 Å². The Morgan fingerprint density at radius 2 is 1.57 bits per heavy atom. The van der Waals surface area contributed by atoms with Gasteiger partial charge in [0.1, 0.15) is 0 Å². The summed E-state index contributed by atoms with van der Waals surface area (Å²) in [4.78, 5) is 42.6. The van der Waals surface area contributed by atoms with E-state index in [9.17, 15) is 35.1 Å². The summed E-state index contributed by atoms with van der Waals surface area (Å²) in [5.74, 6) is -0.963. The molecule has 2 aliphatic rings. The van der Waals surface area contributed by atoms with Gasteiger partial charge in [0.15, 0.2) is 0 Å². The first-order chi connectivity index (χ1) is 10.8. The van der Waals surface area contributed by atoms with Gasteiger partial charge in [0.25, 0.3) is 17.2 Å². The van der Waals surface area contributed by atoms with Crippen LogP contribution in [0.2, 0.25) is 0 Å². The van der Waals surface area contributed by atoms with Crippen molar-refractivity contribution in [1.82, 2.24) is 0 Å². The molecule has 0 aromatic heterocycles. The van der Waals surface area contributed by atoms with E-state index in [0.29, 0.717) is 11.6 Å². The predicted molar refractivity (Wildman–Crippen MR) is 75.1 cm³/mol. The van der Waals surface area contributed by atoms with E-state index in [1.807, 2.05) is 0 Å². The molecule has 3 rings (SSSR count). The Kier molecular flexibility index (Phi) is 2.89. The van der Waals surface area contributed by atoms with Crippen LogP contribution < -0.4 is 0 Å². The zero-order valence-corrected chi connectivity index (χ0v) is 11.1.